The molecular formula is C26H22N4O3. The van der Waals surface area contributed by atoms with Gasteiger partial charge in [-0.3, -0.25) is 9.78 Å². The molecule has 2 aromatic heterocycles. The number of fused-ring (bicyclic) bond motifs is 1. The molecule has 0 saturated heterocycles. The molecule has 0 N–H and O–H groups in total. The number of hydrogen-bond donors (Lipinski definition) is 0. The molecule has 0 aliphatic carbocycles. The van der Waals surface area contributed by atoms with E-state index in [9.17, 15) is 9.59 Å². The van der Waals surface area contributed by atoms with Crippen LogP contribution in [0.2, 0.25) is 0 Å². The van der Waals surface area contributed by atoms with Crippen molar-refractivity contribution in [1.82, 2.24) is 14.8 Å². The lowest BCUT2D eigenvalue weighted by atomic mass is 10.1. The highest BCUT2D eigenvalue weighted by molar-refractivity contribution is 6.01. The Morgan fingerprint density at radius 1 is 1.00 bits per heavy atom. The van der Waals surface area contributed by atoms with E-state index < -0.39 is 12.1 Å². The van der Waals surface area contributed by atoms with Gasteiger partial charge in [0.15, 0.2) is 6.10 Å². The topological polar surface area (TPSA) is 77.3 Å². The van der Waals surface area contributed by atoms with Gasteiger partial charge in [0, 0.05) is 36.4 Å². The molecule has 0 spiro atoms. The average Bonchev–Trinajstić information content (AvgIpc) is 3.50. The number of para-hydroxylation sites is 2. The summed E-state index contributed by atoms with van der Waals surface area (Å²) in [7, 11) is 0. The second-order valence-corrected chi connectivity index (χ2v) is 7.83. The Kier molecular flexibility index (Phi) is 5.44. The molecule has 0 bridgehead atoms. The summed E-state index contributed by atoms with van der Waals surface area (Å²) >= 11 is 0. The number of aromatic nitrogens is 3. The Hall–Kier alpha value is -4.26. The number of amides is 1. The summed E-state index contributed by atoms with van der Waals surface area (Å²) in [5.74, 6) is -0.851. The molecular weight excluding hydrogens is 416 g/mol. The molecule has 33 heavy (non-hydrogen) atoms. The Balaban J connectivity index is 1.42. The predicted molar refractivity (Wildman–Crippen MR) is 124 cm³/mol. The van der Waals surface area contributed by atoms with Crippen LogP contribution in [-0.4, -0.2) is 39.3 Å². The maximum absolute atomic E-state index is 13.2. The van der Waals surface area contributed by atoms with Gasteiger partial charge in [0.05, 0.1) is 5.69 Å². The normalized spacial score (nSPS) is 13.4. The van der Waals surface area contributed by atoms with E-state index >= 15 is 0 Å². The third kappa shape index (κ3) is 4.01. The van der Waals surface area contributed by atoms with E-state index in [0.717, 1.165) is 23.4 Å². The summed E-state index contributed by atoms with van der Waals surface area (Å²) in [5.41, 5.74) is 4.20. The first kappa shape index (κ1) is 20.6. The highest BCUT2D eigenvalue weighted by Crippen LogP contribution is 2.29. The second-order valence-electron chi connectivity index (χ2n) is 7.83. The predicted octanol–water partition coefficient (Wildman–Crippen LogP) is 4.07. The van der Waals surface area contributed by atoms with Crippen molar-refractivity contribution in [1.29, 1.82) is 0 Å². The van der Waals surface area contributed by atoms with Crippen molar-refractivity contribution < 1.29 is 14.3 Å². The van der Waals surface area contributed by atoms with Gasteiger partial charge < -0.3 is 9.64 Å². The number of carbonyl (C=O) groups is 2. The van der Waals surface area contributed by atoms with E-state index in [1.54, 1.807) is 41.2 Å². The standard InChI is InChI=1S/C26H22N4O3/c1-18(25(31)29-15-13-19-8-5-6-12-23(19)29)33-26(32)22-17-30(21-10-3-2-4-11-21)28-24(22)20-9-7-14-27-16-20/h2-12,14,16-18H,13,15H2,1H3. The molecule has 0 radical (unpaired) electrons. The number of ether oxygens (including phenoxy) is 1. The van der Waals surface area contributed by atoms with E-state index in [4.69, 9.17) is 4.74 Å². The molecule has 0 saturated carbocycles. The number of hydrogen-bond acceptors (Lipinski definition) is 5. The number of esters is 1. The van der Waals surface area contributed by atoms with Crippen LogP contribution in [0.25, 0.3) is 16.9 Å². The van der Waals surface area contributed by atoms with Crippen LogP contribution in [0.5, 0.6) is 0 Å². The van der Waals surface area contributed by atoms with E-state index in [2.05, 4.69) is 10.1 Å². The summed E-state index contributed by atoms with van der Waals surface area (Å²) in [6, 6.07) is 20.9. The summed E-state index contributed by atoms with van der Waals surface area (Å²) in [6.45, 7) is 2.18. The molecule has 1 atom stereocenters. The monoisotopic (exact) mass is 438 g/mol. The first-order chi connectivity index (χ1) is 16.1. The summed E-state index contributed by atoms with van der Waals surface area (Å²) in [6.07, 6.45) is 4.78. The van der Waals surface area contributed by atoms with E-state index in [0.29, 0.717) is 17.8 Å². The van der Waals surface area contributed by atoms with Crippen LogP contribution < -0.4 is 4.90 Å². The Labute approximate surface area is 191 Å². The van der Waals surface area contributed by atoms with E-state index in [1.807, 2.05) is 60.7 Å². The van der Waals surface area contributed by atoms with Crippen LogP contribution in [0.1, 0.15) is 22.8 Å². The van der Waals surface area contributed by atoms with Gasteiger partial charge in [-0.1, -0.05) is 36.4 Å². The zero-order valence-corrected chi connectivity index (χ0v) is 18.1. The Bertz CT molecular complexity index is 1300. The van der Waals surface area contributed by atoms with Crippen LogP contribution in [0.15, 0.2) is 85.3 Å². The quantitative estimate of drug-likeness (QED) is 0.439. The number of anilines is 1. The zero-order chi connectivity index (χ0) is 22.8. The molecule has 7 heteroatoms. The van der Waals surface area contributed by atoms with Gasteiger partial charge in [-0.2, -0.15) is 5.10 Å². The van der Waals surface area contributed by atoms with Crippen molar-refractivity contribution in [3.63, 3.8) is 0 Å². The van der Waals surface area contributed by atoms with Gasteiger partial charge in [-0.25, -0.2) is 9.48 Å². The fourth-order valence-corrected chi connectivity index (χ4v) is 4.01. The average molecular weight is 438 g/mol. The number of nitrogens with zero attached hydrogens (tertiary/aromatic N) is 4. The number of rotatable bonds is 5. The Morgan fingerprint density at radius 2 is 1.79 bits per heavy atom. The van der Waals surface area contributed by atoms with Gasteiger partial charge in [0.2, 0.25) is 0 Å². The van der Waals surface area contributed by atoms with Crippen LogP contribution in [0, 0.1) is 0 Å². The minimum atomic E-state index is -0.939. The lowest BCUT2D eigenvalue weighted by Gasteiger charge is -2.21. The fourth-order valence-electron chi connectivity index (χ4n) is 4.01. The largest absolute Gasteiger partial charge is 0.449 e. The molecule has 1 amide bonds. The number of carbonyl (C=O) groups excluding carboxylic acids is 2. The van der Waals surface area contributed by atoms with Crippen molar-refractivity contribution in [2.45, 2.75) is 19.4 Å². The van der Waals surface area contributed by atoms with Crippen LogP contribution in [0.4, 0.5) is 5.69 Å². The maximum Gasteiger partial charge on any atom is 0.342 e. The zero-order valence-electron chi connectivity index (χ0n) is 18.1. The summed E-state index contributed by atoms with van der Waals surface area (Å²) in [4.78, 5) is 32.1. The molecule has 2 aromatic carbocycles. The molecule has 5 rings (SSSR count). The van der Waals surface area contributed by atoms with Crippen molar-refractivity contribution in [2.75, 3.05) is 11.4 Å². The molecule has 1 aliphatic rings. The van der Waals surface area contributed by atoms with Gasteiger partial charge in [-0.05, 0) is 49.2 Å². The van der Waals surface area contributed by atoms with Crippen molar-refractivity contribution in [3.8, 4) is 16.9 Å². The third-order valence-corrected chi connectivity index (χ3v) is 5.67. The molecule has 1 aliphatic heterocycles. The van der Waals surface area contributed by atoms with Crippen molar-refractivity contribution >= 4 is 17.6 Å². The number of benzene rings is 2. The number of pyridine rings is 1. The molecule has 3 heterocycles. The smallest absolute Gasteiger partial charge is 0.342 e. The van der Waals surface area contributed by atoms with E-state index in [-0.39, 0.29) is 11.5 Å². The van der Waals surface area contributed by atoms with Crippen LogP contribution in [-0.2, 0) is 16.0 Å². The lowest BCUT2D eigenvalue weighted by molar-refractivity contribution is -0.126. The molecule has 7 nitrogen and oxygen atoms in total. The maximum atomic E-state index is 13.2. The molecule has 1 unspecified atom stereocenters. The van der Waals surface area contributed by atoms with Gasteiger partial charge in [-0.15, -0.1) is 0 Å². The van der Waals surface area contributed by atoms with Gasteiger partial charge >= 0.3 is 5.97 Å². The fraction of sp³-hybridized carbons (Fsp3) is 0.154. The molecule has 164 valence electrons. The van der Waals surface area contributed by atoms with Crippen molar-refractivity contribution in [3.05, 3.63) is 96.4 Å². The molecule has 4 aromatic rings. The van der Waals surface area contributed by atoms with Gasteiger partial charge in [0.1, 0.15) is 11.3 Å². The second kappa shape index (κ2) is 8.70. The first-order valence-electron chi connectivity index (χ1n) is 10.8. The van der Waals surface area contributed by atoms with Crippen LogP contribution in [0.3, 0.4) is 0 Å². The first-order valence-corrected chi connectivity index (χ1v) is 10.8. The third-order valence-electron chi connectivity index (χ3n) is 5.67. The van der Waals surface area contributed by atoms with Gasteiger partial charge in [0.25, 0.3) is 5.91 Å². The highest BCUT2D eigenvalue weighted by atomic mass is 16.5. The highest BCUT2D eigenvalue weighted by Gasteiger charge is 2.31. The Morgan fingerprint density at radius 3 is 2.58 bits per heavy atom. The van der Waals surface area contributed by atoms with Crippen molar-refractivity contribution in [2.24, 2.45) is 0 Å². The minimum Gasteiger partial charge on any atom is -0.449 e. The van der Waals surface area contributed by atoms with E-state index in [1.165, 1.54) is 0 Å². The minimum absolute atomic E-state index is 0.244. The summed E-state index contributed by atoms with van der Waals surface area (Å²) < 4.78 is 7.26. The van der Waals surface area contributed by atoms with Crippen LogP contribution >= 0.6 is 0 Å². The SMILES string of the molecule is CC(OC(=O)c1cn(-c2ccccc2)nc1-c1cccnc1)C(=O)N1CCc2ccccc21. The lowest BCUT2D eigenvalue weighted by Crippen LogP contribution is -2.39. The summed E-state index contributed by atoms with van der Waals surface area (Å²) in [5, 5.41) is 4.61. The molecule has 0 fully saturated rings.